The first-order valence-corrected chi connectivity index (χ1v) is 10.1. The molecule has 30 heavy (non-hydrogen) atoms. The SMILES string of the molecule is CC(C)C(C(=O)Oc1ccc(Cl)cc1)C(C#N)c1cccc(Oc2ccccc2)c1. The Balaban J connectivity index is 1.84. The van der Waals surface area contributed by atoms with Gasteiger partial charge in [0.15, 0.2) is 0 Å². The topological polar surface area (TPSA) is 59.3 Å². The summed E-state index contributed by atoms with van der Waals surface area (Å²) in [4.78, 5) is 13.0. The van der Waals surface area contributed by atoms with Gasteiger partial charge in [0.2, 0.25) is 0 Å². The molecular formula is C25H22ClNO3. The highest BCUT2D eigenvalue weighted by atomic mass is 35.5. The third-order valence-corrected chi connectivity index (χ3v) is 4.97. The second-order valence-electron chi connectivity index (χ2n) is 7.24. The summed E-state index contributed by atoms with van der Waals surface area (Å²) >= 11 is 5.89. The molecule has 0 heterocycles. The lowest BCUT2D eigenvalue weighted by Crippen LogP contribution is -2.30. The van der Waals surface area contributed by atoms with E-state index in [1.54, 1.807) is 30.3 Å². The number of hydrogen-bond acceptors (Lipinski definition) is 4. The molecule has 3 rings (SSSR count). The number of nitrogens with zero attached hydrogens (tertiary/aromatic N) is 1. The summed E-state index contributed by atoms with van der Waals surface area (Å²) in [6, 6.07) is 25.5. The van der Waals surface area contributed by atoms with Gasteiger partial charge >= 0.3 is 5.97 Å². The van der Waals surface area contributed by atoms with Gasteiger partial charge in [0.1, 0.15) is 17.2 Å². The Morgan fingerprint density at radius 3 is 2.20 bits per heavy atom. The molecule has 2 unspecified atom stereocenters. The number of carbonyl (C=O) groups is 1. The predicted octanol–water partition coefficient (Wildman–Crippen LogP) is 6.62. The van der Waals surface area contributed by atoms with E-state index in [1.807, 2.05) is 62.4 Å². The number of esters is 1. The molecular weight excluding hydrogens is 398 g/mol. The van der Waals surface area contributed by atoms with E-state index in [-0.39, 0.29) is 5.92 Å². The molecule has 5 heteroatoms. The van der Waals surface area contributed by atoms with Gasteiger partial charge < -0.3 is 9.47 Å². The molecule has 3 aromatic carbocycles. The van der Waals surface area contributed by atoms with Crippen LogP contribution in [0.25, 0.3) is 0 Å². The number of halogens is 1. The van der Waals surface area contributed by atoms with Crippen LogP contribution in [0.1, 0.15) is 25.3 Å². The molecule has 3 aromatic rings. The van der Waals surface area contributed by atoms with E-state index in [9.17, 15) is 10.1 Å². The van der Waals surface area contributed by atoms with Gasteiger partial charge in [0.05, 0.1) is 17.9 Å². The molecule has 0 fully saturated rings. The lowest BCUT2D eigenvalue weighted by atomic mass is 9.80. The number of carbonyl (C=O) groups excluding carboxylic acids is 1. The monoisotopic (exact) mass is 419 g/mol. The fourth-order valence-electron chi connectivity index (χ4n) is 3.24. The van der Waals surface area contributed by atoms with Crippen LogP contribution in [-0.4, -0.2) is 5.97 Å². The third-order valence-electron chi connectivity index (χ3n) is 4.72. The first-order valence-electron chi connectivity index (χ1n) is 9.67. The van der Waals surface area contributed by atoms with E-state index < -0.39 is 17.8 Å². The van der Waals surface area contributed by atoms with Crippen LogP contribution < -0.4 is 9.47 Å². The lowest BCUT2D eigenvalue weighted by molar-refractivity contribution is -0.140. The second kappa shape index (κ2) is 9.96. The maximum Gasteiger partial charge on any atom is 0.316 e. The van der Waals surface area contributed by atoms with Crippen LogP contribution in [0.15, 0.2) is 78.9 Å². The molecule has 0 saturated carbocycles. The fourth-order valence-corrected chi connectivity index (χ4v) is 3.36. The summed E-state index contributed by atoms with van der Waals surface area (Å²) in [7, 11) is 0. The number of hydrogen-bond donors (Lipinski definition) is 0. The van der Waals surface area contributed by atoms with Gasteiger partial charge in [-0.15, -0.1) is 0 Å². The Bertz CT molecular complexity index is 1030. The normalized spacial score (nSPS) is 12.6. The highest BCUT2D eigenvalue weighted by molar-refractivity contribution is 6.30. The van der Waals surface area contributed by atoms with Gasteiger partial charge in [-0.3, -0.25) is 4.79 Å². The molecule has 0 aromatic heterocycles. The molecule has 0 saturated heterocycles. The standard InChI is InChI=1S/C25H22ClNO3/c1-17(2)24(25(28)30-21-13-11-19(26)12-14-21)23(16-27)18-7-6-10-22(15-18)29-20-8-4-3-5-9-20/h3-15,17,23-24H,1-2H3. The van der Waals surface area contributed by atoms with Crippen molar-refractivity contribution in [3.63, 3.8) is 0 Å². The molecule has 0 bridgehead atoms. The summed E-state index contributed by atoms with van der Waals surface area (Å²) in [5.41, 5.74) is 0.706. The van der Waals surface area contributed by atoms with Gasteiger partial charge in [-0.25, -0.2) is 0 Å². The maximum absolute atomic E-state index is 13.0. The Kier molecular flexibility index (Phi) is 7.11. The smallest absolute Gasteiger partial charge is 0.316 e. The molecule has 152 valence electrons. The van der Waals surface area contributed by atoms with Crippen molar-refractivity contribution in [1.29, 1.82) is 5.26 Å². The highest BCUT2D eigenvalue weighted by Crippen LogP contribution is 2.34. The quantitative estimate of drug-likeness (QED) is 0.319. The van der Waals surface area contributed by atoms with Crippen LogP contribution in [0.3, 0.4) is 0 Å². The fraction of sp³-hybridized carbons (Fsp3) is 0.200. The average Bonchev–Trinajstić information content (AvgIpc) is 2.74. The number of rotatable bonds is 7. The van der Waals surface area contributed by atoms with Crippen molar-refractivity contribution < 1.29 is 14.3 Å². The number of para-hydroxylation sites is 1. The van der Waals surface area contributed by atoms with Crippen molar-refractivity contribution in [3.05, 3.63) is 89.4 Å². The molecule has 0 aliphatic heterocycles. The summed E-state index contributed by atoms with van der Waals surface area (Å²) in [5.74, 6) is -0.172. The minimum absolute atomic E-state index is 0.104. The lowest BCUT2D eigenvalue weighted by Gasteiger charge is -2.24. The van der Waals surface area contributed by atoms with Crippen LogP contribution in [0.5, 0.6) is 17.2 Å². The van der Waals surface area contributed by atoms with Crippen LogP contribution >= 0.6 is 11.6 Å². The zero-order chi connectivity index (χ0) is 21.5. The van der Waals surface area contributed by atoms with Crippen molar-refractivity contribution in [2.45, 2.75) is 19.8 Å². The number of nitriles is 1. The van der Waals surface area contributed by atoms with Crippen LogP contribution in [-0.2, 0) is 4.79 Å². The summed E-state index contributed by atoms with van der Waals surface area (Å²) in [6.07, 6.45) is 0. The van der Waals surface area contributed by atoms with Crippen molar-refractivity contribution in [2.24, 2.45) is 11.8 Å². The molecule has 0 N–H and O–H groups in total. The van der Waals surface area contributed by atoms with Crippen LogP contribution in [0.4, 0.5) is 0 Å². The van der Waals surface area contributed by atoms with Crippen LogP contribution in [0.2, 0.25) is 5.02 Å². The van der Waals surface area contributed by atoms with Gasteiger partial charge in [0.25, 0.3) is 0 Å². The predicted molar refractivity (Wildman–Crippen MR) is 117 cm³/mol. The largest absolute Gasteiger partial charge is 0.457 e. The first-order chi connectivity index (χ1) is 14.5. The molecule has 0 amide bonds. The van der Waals surface area contributed by atoms with Gasteiger partial charge in [-0.05, 0) is 60.0 Å². The zero-order valence-electron chi connectivity index (χ0n) is 16.8. The summed E-state index contributed by atoms with van der Waals surface area (Å²) in [5, 5.41) is 10.5. The summed E-state index contributed by atoms with van der Waals surface area (Å²) < 4.78 is 11.4. The molecule has 0 aliphatic carbocycles. The van der Waals surface area contributed by atoms with E-state index in [1.165, 1.54) is 0 Å². The first kappa shape index (κ1) is 21.4. The van der Waals surface area contributed by atoms with E-state index >= 15 is 0 Å². The Labute approximate surface area is 181 Å². The minimum atomic E-state index is -0.677. The maximum atomic E-state index is 13.0. The molecule has 4 nitrogen and oxygen atoms in total. The van der Waals surface area contributed by atoms with E-state index in [4.69, 9.17) is 21.1 Å². The average molecular weight is 420 g/mol. The van der Waals surface area contributed by atoms with Crippen molar-refractivity contribution in [1.82, 2.24) is 0 Å². The Morgan fingerprint density at radius 2 is 1.57 bits per heavy atom. The number of benzene rings is 3. The molecule has 0 radical (unpaired) electrons. The zero-order valence-corrected chi connectivity index (χ0v) is 17.5. The Morgan fingerprint density at radius 1 is 0.900 bits per heavy atom. The second-order valence-corrected chi connectivity index (χ2v) is 7.68. The Hall–Kier alpha value is -3.29. The van der Waals surface area contributed by atoms with Crippen LogP contribution in [0, 0.1) is 23.2 Å². The third kappa shape index (κ3) is 5.40. The van der Waals surface area contributed by atoms with E-state index in [2.05, 4.69) is 6.07 Å². The van der Waals surface area contributed by atoms with Crippen molar-refractivity contribution in [2.75, 3.05) is 0 Å². The van der Waals surface area contributed by atoms with E-state index in [0.717, 1.165) is 0 Å². The minimum Gasteiger partial charge on any atom is -0.457 e. The highest BCUT2D eigenvalue weighted by Gasteiger charge is 2.34. The van der Waals surface area contributed by atoms with E-state index in [0.29, 0.717) is 27.8 Å². The van der Waals surface area contributed by atoms with Gasteiger partial charge in [-0.2, -0.15) is 5.26 Å². The molecule has 0 spiro atoms. The molecule has 2 atom stereocenters. The van der Waals surface area contributed by atoms with Gasteiger partial charge in [0, 0.05) is 5.02 Å². The van der Waals surface area contributed by atoms with Crippen molar-refractivity contribution >= 4 is 17.6 Å². The van der Waals surface area contributed by atoms with Crippen molar-refractivity contribution in [3.8, 4) is 23.3 Å². The van der Waals surface area contributed by atoms with Gasteiger partial charge in [-0.1, -0.05) is 55.8 Å². The molecule has 0 aliphatic rings. The summed E-state index contributed by atoms with van der Waals surface area (Å²) in [6.45, 7) is 3.81. The number of ether oxygens (including phenoxy) is 2.